The molecule has 0 radical (unpaired) electrons. The minimum Gasteiger partial charge on any atom is -0.443 e. The van der Waals surface area contributed by atoms with Crippen LogP contribution in [0, 0.1) is 0 Å². The average molecular weight is 332 g/mol. The third-order valence-electron chi connectivity index (χ3n) is 2.15. The summed E-state index contributed by atoms with van der Waals surface area (Å²) in [5, 5.41) is 1.17. The van der Waals surface area contributed by atoms with Crippen molar-refractivity contribution in [3.63, 3.8) is 0 Å². The van der Waals surface area contributed by atoms with E-state index in [2.05, 4.69) is 20.9 Å². The zero-order chi connectivity index (χ0) is 13.5. The second-order valence-electron chi connectivity index (χ2n) is 4.85. The average Bonchev–Trinajstić information content (AvgIpc) is 2.54. The van der Waals surface area contributed by atoms with Crippen LogP contribution in [-0.4, -0.2) is 21.2 Å². The zero-order valence-electron chi connectivity index (χ0n) is 10.2. The third kappa shape index (κ3) is 2.67. The van der Waals surface area contributed by atoms with E-state index in [-0.39, 0.29) is 0 Å². The number of nitrogens with zero attached hydrogens (tertiary/aromatic N) is 2. The molecule has 2 aromatic heterocycles. The molecule has 0 aliphatic heterocycles. The lowest BCUT2D eigenvalue weighted by molar-refractivity contribution is 0.0543. The second-order valence-corrected chi connectivity index (χ2v) is 6.17. The number of aromatic nitrogens is 2. The van der Waals surface area contributed by atoms with Crippen molar-refractivity contribution in [3.8, 4) is 0 Å². The Morgan fingerprint density at radius 3 is 2.78 bits per heavy atom. The van der Waals surface area contributed by atoms with Crippen molar-refractivity contribution in [2.75, 3.05) is 0 Å². The molecule has 0 unspecified atom stereocenters. The van der Waals surface area contributed by atoms with E-state index in [4.69, 9.17) is 16.3 Å². The molecule has 0 N–H and O–H groups in total. The van der Waals surface area contributed by atoms with Gasteiger partial charge in [0.15, 0.2) is 5.65 Å². The molecule has 0 saturated heterocycles. The summed E-state index contributed by atoms with van der Waals surface area (Å²) in [5.41, 5.74) is -0.0763. The quantitative estimate of drug-likeness (QED) is 0.725. The summed E-state index contributed by atoms with van der Waals surface area (Å²) in [6.45, 7) is 5.42. The van der Waals surface area contributed by atoms with Gasteiger partial charge in [-0.15, -0.1) is 0 Å². The van der Waals surface area contributed by atoms with E-state index in [1.807, 2.05) is 26.8 Å². The molecular formula is C12H12BrClN2O2. The van der Waals surface area contributed by atoms with Crippen LogP contribution in [0.15, 0.2) is 22.9 Å². The van der Waals surface area contributed by atoms with Gasteiger partial charge in [-0.1, -0.05) is 11.6 Å². The van der Waals surface area contributed by atoms with Gasteiger partial charge in [-0.3, -0.25) is 0 Å². The molecule has 0 bridgehead atoms. The lowest BCUT2D eigenvalue weighted by Gasteiger charge is -2.19. The molecule has 0 aliphatic rings. The van der Waals surface area contributed by atoms with Crippen LogP contribution in [0.4, 0.5) is 4.79 Å². The number of rotatable bonds is 0. The highest BCUT2D eigenvalue weighted by atomic mass is 79.9. The van der Waals surface area contributed by atoms with Crippen molar-refractivity contribution in [2.24, 2.45) is 0 Å². The summed E-state index contributed by atoms with van der Waals surface area (Å²) in [7, 11) is 0. The van der Waals surface area contributed by atoms with Crippen LogP contribution in [0.25, 0.3) is 11.0 Å². The lowest BCUT2D eigenvalue weighted by Crippen LogP contribution is -2.26. The maximum absolute atomic E-state index is 12.0. The zero-order valence-corrected chi connectivity index (χ0v) is 12.5. The number of hydrogen-bond donors (Lipinski definition) is 0. The summed E-state index contributed by atoms with van der Waals surface area (Å²) in [4.78, 5) is 16.2. The van der Waals surface area contributed by atoms with E-state index in [0.29, 0.717) is 16.1 Å². The highest BCUT2D eigenvalue weighted by molar-refractivity contribution is 9.10. The predicted octanol–water partition coefficient (Wildman–Crippen LogP) is 4.24. The molecule has 0 aliphatic carbocycles. The summed E-state index contributed by atoms with van der Waals surface area (Å²) < 4.78 is 7.41. The predicted molar refractivity (Wildman–Crippen MR) is 74.1 cm³/mol. The van der Waals surface area contributed by atoms with Gasteiger partial charge in [0, 0.05) is 22.3 Å². The Morgan fingerprint density at radius 1 is 1.50 bits per heavy atom. The molecule has 0 spiro atoms. The number of fused-ring (bicyclic) bond motifs is 1. The highest BCUT2D eigenvalue weighted by Gasteiger charge is 2.21. The van der Waals surface area contributed by atoms with E-state index in [1.165, 1.54) is 10.8 Å². The number of halogens is 2. The van der Waals surface area contributed by atoms with Gasteiger partial charge in [-0.2, -0.15) is 0 Å². The minimum atomic E-state index is -0.560. The first kappa shape index (κ1) is 13.4. The fraction of sp³-hybridized carbons (Fsp3) is 0.333. The van der Waals surface area contributed by atoms with Gasteiger partial charge in [0.05, 0.1) is 5.02 Å². The Labute approximate surface area is 118 Å². The van der Waals surface area contributed by atoms with Crippen LogP contribution in [-0.2, 0) is 4.74 Å². The second kappa shape index (κ2) is 4.55. The third-order valence-corrected chi connectivity index (χ3v) is 2.89. The van der Waals surface area contributed by atoms with Crippen molar-refractivity contribution in [3.05, 3.63) is 28.0 Å². The molecule has 2 heterocycles. The first-order chi connectivity index (χ1) is 8.28. The molecule has 0 saturated carbocycles. The van der Waals surface area contributed by atoms with Crippen LogP contribution in [0.3, 0.4) is 0 Å². The topological polar surface area (TPSA) is 44.1 Å². The Hall–Kier alpha value is -1.07. The van der Waals surface area contributed by atoms with E-state index in [1.54, 1.807) is 6.20 Å². The van der Waals surface area contributed by atoms with Crippen molar-refractivity contribution in [1.29, 1.82) is 0 Å². The van der Waals surface area contributed by atoms with Gasteiger partial charge in [-0.25, -0.2) is 14.3 Å². The molecule has 0 atom stereocenters. The standard InChI is InChI=1S/C12H12BrClN2O2/c1-12(2,3)18-11(17)16-6-9(14)8-4-7(13)5-15-10(8)16/h4-6H,1-3H3. The fourth-order valence-electron chi connectivity index (χ4n) is 1.49. The van der Waals surface area contributed by atoms with Gasteiger partial charge in [0.2, 0.25) is 0 Å². The van der Waals surface area contributed by atoms with Crippen LogP contribution < -0.4 is 0 Å². The van der Waals surface area contributed by atoms with Gasteiger partial charge in [0.25, 0.3) is 0 Å². The van der Waals surface area contributed by atoms with Crippen molar-refractivity contribution in [1.82, 2.24) is 9.55 Å². The summed E-state index contributed by atoms with van der Waals surface area (Å²) >= 11 is 9.39. The lowest BCUT2D eigenvalue weighted by atomic mass is 10.2. The Bertz CT molecular complexity index is 616. The largest absolute Gasteiger partial charge is 0.443 e. The molecule has 96 valence electrons. The molecule has 6 heteroatoms. The molecular weight excluding hydrogens is 320 g/mol. The highest BCUT2D eigenvalue weighted by Crippen LogP contribution is 2.27. The maximum Gasteiger partial charge on any atom is 0.420 e. The Morgan fingerprint density at radius 2 is 2.17 bits per heavy atom. The number of carbonyl (C=O) groups is 1. The van der Waals surface area contributed by atoms with Crippen molar-refractivity contribution in [2.45, 2.75) is 26.4 Å². The minimum absolute atomic E-state index is 0.463. The summed E-state index contributed by atoms with van der Waals surface area (Å²) in [6, 6.07) is 1.81. The summed E-state index contributed by atoms with van der Waals surface area (Å²) in [5.74, 6) is 0. The SMILES string of the molecule is CC(C)(C)OC(=O)n1cc(Cl)c2cc(Br)cnc21. The molecule has 2 rings (SSSR count). The Balaban J connectivity index is 2.49. The first-order valence-electron chi connectivity index (χ1n) is 5.33. The number of pyridine rings is 1. The first-order valence-corrected chi connectivity index (χ1v) is 6.50. The van der Waals surface area contributed by atoms with Crippen LogP contribution in [0.5, 0.6) is 0 Å². The molecule has 2 aromatic rings. The number of hydrogen-bond acceptors (Lipinski definition) is 3. The molecule has 0 fully saturated rings. The fourth-order valence-corrected chi connectivity index (χ4v) is 2.06. The molecule has 0 aromatic carbocycles. The van der Waals surface area contributed by atoms with Crippen molar-refractivity contribution < 1.29 is 9.53 Å². The normalized spacial score (nSPS) is 11.8. The van der Waals surface area contributed by atoms with Gasteiger partial charge < -0.3 is 4.74 Å². The molecule has 18 heavy (non-hydrogen) atoms. The van der Waals surface area contributed by atoms with Gasteiger partial charge in [-0.05, 0) is 42.8 Å². The van der Waals surface area contributed by atoms with Crippen LogP contribution in [0.1, 0.15) is 20.8 Å². The van der Waals surface area contributed by atoms with Crippen LogP contribution >= 0.6 is 27.5 Å². The van der Waals surface area contributed by atoms with Crippen molar-refractivity contribution >= 4 is 44.7 Å². The van der Waals surface area contributed by atoms with E-state index in [9.17, 15) is 4.79 Å². The smallest absolute Gasteiger partial charge is 0.420 e. The summed E-state index contributed by atoms with van der Waals surface area (Å²) in [6.07, 6.45) is 2.63. The van der Waals surface area contributed by atoms with E-state index in [0.717, 1.165) is 4.47 Å². The van der Waals surface area contributed by atoms with E-state index >= 15 is 0 Å². The molecule has 4 nitrogen and oxygen atoms in total. The van der Waals surface area contributed by atoms with Gasteiger partial charge >= 0.3 is 6.09 Å². The van der Waals surface area contributed by atoms with Gasteiger partial charge in [0.1, 0.15) is 5.60 Å². The number of carbonyl (C=O) groups excluding carboxylic acids is 1. The Kier molecular flexibility index (Phi) is 3.38. The monoisotopic (exact) mass is 330 g/mol. The molecule has 0 amide bonds. The van der Waals surface area contributed by atoms with Crippen LogP contribution in [0.2, 0.25) is 5.02 Å². The van der Waals surface area contributed by atoms with E-state index < -0.39 is 11.7 Å². The maximum atomic E-state index is 12.0. The number of ether oxygens (including phenoxy) is 1.